The van der Waals surface area contributed by atoms with E-state index in [0.29, 0.717) is 13.0 Å². The van der Waals surface area contributed by atoms with E-state index in [1.165, 1.54) is 32.4 Å². The number of nitrogens with zero attached hydrogens (tertiary/aromatic N) is 2. The summed E-state index contributed by atoms with van der Waals surface area (Å²) in [5, 5.41) is 16.8. The lowest BCUT2D eigenvalue weighted by atomic mass is 10.1. The SMILES string of the molecule is CCNC(=NCC(O)Cc1ccccc1)NCCN1CCCCC1. The van der Waals surface area contributed by atoms with E-state index in [4.69, 9.17) is 0 Å². The Morgan fingerprint density at radius 1 is 1.17 bits per heavy atom. The second-order valence-electron chi connectivity index (χ2n) is 6.39. The van der Waals surface area contributed by atoms with Crippen molar-refractivity contribution in [2.45, 2.75) is 38.7 Å². The monoisotopic (exact) mass is 332 g/mol. The van der Waals surface area contributed by atoms with Crippen molar-refractivity contribution in [2.24, 2.45) is 4.99 Å². The molecule has 1 aromatic carbocycles. The second-order valence-corrected chi connectivity index (χ2v) is 6.39. The summed E-state index contributed by atoms with van der Waals surface area (Å²) >= 11 is 0. The van der Waals surface area contributed by atoms with E-state index < -0.39 is 6.10 Å². The maximum absolute atomic E-state index is 10.2. The van der Waals surface area contributed by atoms with E-state index in [2.05, 4.69) is 27.4 Å². The van der Waals surface area contributed by atoms with Crippen LogP contribution in [0.2, 0.25) is 0 Å². The molecule has 0 saturated carbocycles. The van der Waals surface area contributed by atoms with Crippen LogP contribution >= 0.6 is 0 Å². The van der Waals surface area contributed by atoms with Crippen LogP contribution in [0.5, 0.6) is 0 Å². The number of likely N-dealkylation sites (tertiary alicyclic amines) is 1. The van der Waals surface area contributed by atoms with E-state index in [-0.39, 0.29) is 0 Å². The predicted molar refractivity (Wildman–Crippen MR) is 100 cm³/mol. The van der Waals surface area contributed by atoms with Crippen LogP contribution in [0.1, 0.15) is 31.7 Å². The fourth-order valence-electron chi connectivity index (χ4n) is 3.00. The first kappa shape index (κ1) is 18.7. The van der Waals surface area contributed by atoms with E-state index in [9.17, 15) is 5.11 Å². The van der Waals surface area contributed by atoms with Crippen molar-refractivity contribution >= 4 is 5.96 Å². The normalized spacial score (nSPS) is 17.5. The zero-order valence-electron chi connectivity index (χ0n) is 14.9. The van der Waals surface area contributed by atoms with Crippen LogP contribution in [0.3, 0.4) is 0 Å². The van der Waals surface area contributed by atoms with Crippen molar-refractivity contribution in [3.63, 3.8) is 0 Å². The number of guanidine groups is 1. The summed E-state index contributed by atoms with van der Waals surface area (Å²) < 4.78 is 0. The Morgan fingerprint density at radius 3 is 2.62 bits per heavy atom. The summed E-state index contributed by atoms with van der Waals surface area (Å²) in [5.41, 5.74) is 1.14. The van der Waals surface area contributed by atoms with Gasteiger partial charge in [-0.3, -0.25) is 4.99 Å². The molecular weight excluding hydrogens is 300 g/mol. The highest BCUT2D eigenvalue weighted by atomic mass is 16.3. The Kier molecular flexibility index (Phi) is 8.63. The molecule has 1 heterocycles. The molecule has 1 atom stereocenters. The molecular formula is C19H32N4O. The van der Waals surface area contributed by atoms with E-state index in [1.54, 1.807) is 0 Å². The maximum Gasteiger partial charge on any atom is 0.191 e. The average Bonchev–Trinajstić information content (AvgIpc) is 2.61. The van der Waals surface area contributed by atoms with Gasteiger partial charge in [0, 0.05) is 26.1 Å². The van der Waals surface area contributed by atoms with Crippen LogP contribution in [-0.4, -0.2) is 61.3 Å². The minimum absolute atomic E-state index is 0.411. The molecule has 1 fully saturated rings. The summed E-state index contributed by atoms with van der Waals surface area (Å²) in [7, 11) is 0. The number of aliphatic imine (C=N–C) groups is 1. The lowest BCUT2D eigenvalue weighted by Crippen LogP contribution is -2.43. The van der Waals surface area contributed by atoms with Gasteiger partial charge in [0.05, 0.1) is 12.6 Å². The Balaban J connectivity index is 1.72. The van der Waals surface area contributed by atoms with Gasteiger partial charge in [0.2, 0.25) is 0 Å². The lowest BCUT2D eigenvalue weighted by Gasteiger charge is -2.26. The Bertz CT molecular complexity index is 472. The predicted octanol–water partition coefficient (Wildman–Crippen LogP) is 1.63. The average molecular weight is 332 g/mol. The molecule has 5 nitrogen and oxygen atoms in total. The first-order valence-electron chi connectivity index (χ1n) is 9.24. The summed E-state index contributed by atoms with van der Waals surface area (Å²) in [4.78, 5) is 7.02. The van der Waals surface area contributed by atoms with Gasteiger partial charge in [-0.25, -0.2) is 0 Å². The zero-order chi connectivity index (χ0) is 17.0. The third-order valence-corrected chi connectivity index (χ3v) is 4.29. The largest absolute Gasteiger partial charge is 0.391 e. The van der Waals surface area contributed by atoms with Crippen molar-refractivity contribution in [2.75, 3.05) is 39.3 Å². The molecule has 134 valence electrons. The molecule has 1 aromatic rings. The van der Waals surface area contributed by atoms with Crippen LogP contribution in [0.15, 0.2) is 35.3 Å². The lowest BCUT2D eigenvalue weighted by molar-refractivity contribution is 0.183. The van der Waals surface area contributed by atoms with Gasteiger partial charge in [0.15, 0.2) is 5.96 Å². The molecule has 3 N–H and O–H groups in total. The van der Waals surface area contributed by atoms with Gasteiger partial charge in [-0.1, -0.05) is 36.8 Å². The van der Waals surface area contributed by atoms with Crippen molar-refractivity contribution in [1.82, 2.24) is 15.5 Å². The standard InChI is InChI=1S/C19H32N4O/c1-2-20-19(21-11-14-23-12-7-4-8-13-23)22-16-18(24)15-17-9-5-3-6-10-17/h3,5-6,9-10,18,24H,2,4,7-8,11-16H2,1H3,(H2,20,21,22). The molecule has 0 radical (unpaired) electrons. The molecule has 5 heteroatoms. The van der Waals surface area contributed by atoms with Crippen molar-refractivity contribution in [1.29, 1.82) is 0 Å². The van der Waals surface area contributed by atoms with Gasteiger partial charge < -0.3 is 20.6 Å². The molecule has 0 aromatic heterocycles. The number of aliphatic hydroxyl groups excluding tert-OH is 1. The molecule has 1 saturated heterocycles. The number of rotatable bonds is 8. The van der Waals surface area contributed by atoms with Crippen molar-refractivity contribution in [3.05, 3.63) is 35.9 Å². The maximum atomic E-state index is 10.2. The van der Waals surface area contributed by atoms with E-state index >= 15 is 0 Å². The molecule has 24 heavy (non-hydrogen) atoms. The molecule has 0 bridgehead atoms. The third kappa shape index (κ3) is 7.32. The first-order valence-corrected chi connectivity index (χ1v) is 9.24. The summed E-state index contributed by atoms with van der Waals surface area (Å²) in [5.74, 6) is 0.793. The second kappa shape index (κ2) is 11.0. The molecule has 1 aliphatic rings. The molecule has 0 spiro atoms. The Morgan fingerprint density at radius 2 is 1.92 bits per heavy atom. The van der Waals surface area contributed by atoms with Crippen LogP contribution in [0, 0.1) is 0 Å². The van der Waals surface area contributed by atoms with Crippen LogP contribution in [0.25, 0.3) is 0 Å². The zero-order valence-corrected chi connectivity index (χ0v) is 14.9. The van der Waals surface area contributed by atoms with Gasteiger partial charge in [-0.2, -0.15) is 0 Å². The highest BCUT2D eigenvalue weighted by Gasteiger charge is 2.10. The molecule has 1 aliphatic heterocycles. The quantitative estimate of drug-likeness (QED) is 0.500. The molecule has 0 aliphatic carbocycles. The molecule has 0 amide bonds. The fraction of sp³-hybridized carbons (Fsp3) is 0.632. The van der Waals surface area contributed by atoms with Crippen molar-refractivity contribution < 1.29 is 5.11 Å². The summed E-state index contributed by atoms with van der Waals surface area (Å²) in [6.45, 7) is 7.66. The fourth-order valence-corrected chi connectivity index (χ4v) is 3.00. The van der Waals surface area contributed by atoms with Gasteiger partial charge in [-0.05, 0) is 38.4 Å². The summed E-state index contributed by atoms with van der Waals surface area (Å²) in [6.07, 6.45) is 4.19. The van der Waals surface area contributed by atoms with E-state index in [1.807, 2.05) is 30.3 Å². The molecule has 1 unspecified atom stereocenters. The number of piperidine rings is 1. The van der Waals surface area contributed by atoms with Crippen molar-refractivity contribution in [3.8, 4) is 0 Å². The van der Waals surface area contributed by atoms with Gasteiger partial charge in [-0.15, -0.1) is 0 Å². The minimum Gasteiger partial charge on any atom is -0.391 e. The Labute approximate surface area is 146 Å². The number of nitrogens with one attached hydrogen (secondary N) is 2. The number of hydrogen-bond acceptors (Lipinski definition) is 3. The van der Waals surface area contributed by atoms with Gasteiger partial charge in [0.25, 0.3) is 0 Å². The molecule has 2 rings (SSSR count). The van der Waals surface area contributed by atoms with Gasteiger partial charge >= 0.3 is 0 Å². The van der Waals surface area contributed by atoms with Crippen LogP contribution in [0.4, 0.5) is 0 Å². The third-order valence-electron chi connectivity index (χ3n) is 4.29. The van der Waals surface area contributed by atoms with Crippen LogP contribution < -0.4 is 10.6 Å². The number of benzene rings is 1. The smallest absolute Gasteiger partial charge is 0.191 e. The van der Waals surface area contributed by atoms with Gasteiger partial charge in [0.1, 0.15) is 0 Å². The highest BCUT2D eigenvalue weighted by molar-refractivity contribution is 5.79. The number of hydrogen-bond donors (Lipinski definition) is 3. The minimum atomic E-state index is -0.454. The summed E-state index contributed by atoms with van der Waals surface area (Å²) in [6, 6.07) is 10.1. The first-order chi connectivity index (χ1) is 11.8. The van der Waals surface area contributed by atoms with Crippen LogP contribution in [-0.2, 0) is 6.42 Å². The van der Waals surface area contributed by atoms with E-state index in [0.717, 1.165) is 31.2 Å². The number of aliphatic hydroxyl groups is 1. The topological polar surface area (TPSA) is 59.9 Å². The Hall–Kier alpha value is -1.59. The highest BCUT2D eigenvalue weighted by Crippen LogP contribution is 2.07.